The smallest absolute Gasteiger partial charge is 0.267 e. The van der Waals surface area contributed by atoms with Crippen LogP contribution in [0.1, 0.15) is 41.8 Å². The molecule has 1 aromatic carbocycles. The Hall–Kier alpha value is -2.14. The Morgan fingerprint density at radius 1 is 1.17 bits per heavy atom. The highest BCUT2D eigenvalue weighted by molar-refractivity contribution is 7.12. The average Bonchev–Trinajstić information content (AvgIpc) is 2.77. The number of amides is 1. The number of anilines is 2. The molecule has 4 rings (SSSR count). The van der Waals surface area contributed by atoms with Gasteiger partial charge in [-0.15, -0.1) is 11.3 Å². The first-order valence-electron chi connectivity index (χ1n) is 8.57. The number of para-hydroxylation sites is 1. The molecule has 0 radical (unpaired) electrons. The van der Waals surface area contributed by atoms with Gasteiger partial charge in [0.25, 0.3) is 5.91 Å². The van der Waals surface area contributed by atoms with Gasteiger partial charge in [-0.3, -0.25) is 9.79 Å². The number of nitrogens with zero attached hydrogens (tertiary/aromatic N) is 1. The summed E-state index contributed by atoms with van der Waals surface area (Å²) in [6, 6.07) is 9.83. The van der Waals surface area contributed by atoms with E-state index in [1.54, 1.807) is 0 Å². The van der Waals surface area contributed by atoms with E-state index in [-0.39, 0.29) is 5.91 Å². The van der Waals surface area contributed by atoms with E-state index in [1.807, 2.05) is 30.3 Å². The normalized spacial score (nSPS) is 22.3. The van der Waals surface area contributed by atoms with E-state index >= 15 is 0 Å². The molecule has 3 N–H and O–H groups in total. The molecule has 1 fully saturated rings. The Kier molecular flexibility index (Phi) is 4.10. The summed E-state index contributed by atoms with van der Waals surface area (Å²) in [6.45, 7) is 0. The van der Waals surface area contributed by atoms with Gasteiger partial charge in [-0.05, 0) is 25.0 Å². The van der Waals surface area contributed by atoms with Gasteiger partial charge in [0.2, 0.25) is 0 Å². The van der Waals surface area contributed by atoms with Crippen molar-refractivity contribution in [2.75, 3.05) is 11.1 Å². The number of nitrogen functional groups attached to an aromatic ring is 1. The van der Waals surface area contributed by atoms with E-state index in [9.17, 15) is 4.79 Å². The molecule has 0 spiro atoms. The minimum Gasteiger partial charge on any atom is -0.397 e. The SMILES string of the molecule is Nc1c(C(=O)Nc2ccccc2)sc2c1=CC1CCCCCC1N=2. The van der Waals surface area contributed by atoms with Gasteiger partial charge in [-0.1, -0.05) is 43.5 Å². The largest absolute Gasteiger partial charge is 0.397 e. The zero-order valence-corrected chi connectivity index (χ0v) is 14.3. The number of fused-ring (bicyclic) bond motifs is 2. The van der Waals surface area contributed by atoms with Crippen molar-refractivity contribution in [3.8, 4) is 0 Å². The van der Waals surface area contributed by atoms with Gasteiger partial charge in [0, 0.05) is 16.8 Å². The number of nitrogens with one attached hydrogen (secondary N) is 1. The summed E-state index contributed by atoms with van der Waals surface area (Å²) >= 11 is 1.42. The maximum Gasteiger partial charge on any atom is 0.267 e. The van der Waals surface area contributed by atoms with Crippen molar-refractivity contribution >= 4 is 34.7 Å². The second kappa shape index (κ2) is 6.40. The van der Waals surface area contributed by atoms with E-state index < -0.39 is 0 Å². The van der Waals surface area contributed by atoms with Crippen LogP contribution in [0.4, 0.5) is 11.4 Å². The molecule has 2 atom stereocenters. The standard InChI is InChI=1S/C19H21N3OS/c20-16-14-11-12-7-3-1-6-10-15(12)22-19(14)24-17(16)18(23)21-13-8-4-2-5-9-13/h2,4-5,8-9,11-12,15H,1,3,6-7,10,20H2,(H,21,23). The quantitative estimate of drug-likeness (QED) is 0.883. The molecule has 2 heterocycles. The van der Waals surface area contributed by atoms with Crippen molar-refractivity contribution in [1.82, 2.24) is 0 Å². The zero-order chi connectivity index (χ0) is 16.5. The van der Waals surface area contributed by atoms with Crippen molar-refractivity contribution in [1.29, 1.82) is 0 Å². The lowest BCUT2D eigenvalue weighted by Crippen LogP contribution is -2.33. The van der Waals surface area contributed by atoms with Crippen LogP contribution in [0.5, 0.6) is 0 Å². The van der Waals surface area contributed by atoms with E-state index in [0.29, 0.717) is 22.5 Å². The fourth-order valence-corrected chi connectivity index (χ4v) is 4.65. The van der Waals surface area contributed by atoms with E-state index in [1.165, 1.54) is 37.0 Å². The average molecular weight is 339 g/mol. The maximum atomic E-state index is 12.6. The third-order valence-corrected chi connectivity index (χ3v) is 6.03. The third kappa shape index (κ3) is 2.84. The third-order valence-electron chi connectivity index (χ3n) is 4.90. The molecular formula is C19H21N3OS. The van der Waals surface area contributed by atoms with Crippen molar-refractivity contribution in [3.63, 3.8) is 0 Å². The first-order chi connectivity index (χ1) is 11.7. The summed E-state index contributed by atoms with van der Waals surface area (Å²) < 4.78 is 0.925. The summed E-state index contributed by atoms with van der Waals surface area (Å²) in [5, 5.41) is 3.89. The summed E-state index contributed by atoms with van der Waals surface area (Å²) in [5.41, 5.74) is 7.65. The van der Waals surface area contributed by atoms with Crippen LogP contribution >= 0.6 is 11.3 Å². The number of nitrogens with two attached hydrogens (primary N) is 1. The van der Waals surface area contributed by atoms with Crippen LogP contribution in [0.3, 0.4) is 0 Å². The fourth-order valence-electron chi connectivity index (χ4n) is 3.62. The van der Waals surface area contributed by atoms with E-state index in [2.05, 4.69) is 11.4 Å². The number of hydrogen-bond donors (Lipinski definition) is 2. The van der Waals surface area contributed by atoms with Crippen LogP contribution in [-0.2, 0) is 0 Å². The minimum absolute atomic E-state index is 0.151. The topological polar surface area (TPSA) is 67.5 Å². The van der Waals surface area contributed by atoms with Crippen molar-refractivity contribution in [3.05, 3.63) is 45.1 Å². The Morgan fingerprint density at radius 2 is 1.96 bits per heavy atom. The summed E-state index contributed by atoms with van der Waals surface area (Å²) in [6.07, 6.45) is 8.38. The molecule has 2 unspecified atom stereocenters. The molecule has 5 heteroatoms. The predicted octanol–water partition coefficient (Wildman–Crippen LogP) is 2.95. The van der Waals surface area contributed by atoms with Crippen LogP contribution in [0.25, 0.3) is 6.08 Å². The Labute approximate surface area is 145 Å². The highest BCUT2D eigenvalue weighted by Crippen LogP contribution is 2.29. The highest BCUT2D eigenvalue weighted by Gasteiger charge is 2.26. The predicted molar refractivity (Wildman–Crippen MR) is 98.7 cm³/mol. The number of carbonyl (C=O) groups is 1. The molecule has 1 saturated carbocycles. The zero-order valence-electron chi connectivity index (χ0n) is 13.5. The lowest BCUT2D eigenvalue weighted by atomic mass is 9.92. The molecule has 1 aliphatic heterocycles. The molecule has 2 aromatic rings. The van der Waals surface area contributed by atoms with Gasteiger partial charge in [0.15, 0.2) is 0 Å². The molecular weight excluding hydrogens is 318 g/mol. The molecule has 124 valence electrons. The number of carbonyl (C=O) groups excluding carboxylic acids is 1. The van der Waals surface area contributed by atoms with Gasteiger partial charge >= 0.3 is 0 Å². The molecule has 0 bridgehead atoms. The Bertz CT molecular complexity index is 872. The van der Waals surface area contributed by atoms with Gasteiger partial charge in [-0.2, -0.15) is 0 Å². The molecule has 1 aliphatic carbocycles. The fraction of sp³-hybridized carbons (Fsp3) is 0.368. The first-order valence-corrected chi connectivity index (χ1v) is 9.38. The molecule has 4 nitrogen and oxygen atoms in total. The van der Waals surface area contributed by atoms with Crippen molar-refractivity contribution in [2.24, 2.45) is 10.9 Å². The highest BCUT2D eigenvalue weighted by atomic mass is 32.1. The summed E-state index contributed by atoms with van der Waals surface area (Å²) in [5.74, 6) is 0.323. The molecule has 1 amide bonds. The lowest BCUT2D eigenvalue weighted by Gasteiger charge is -2.20. The van der Waals surface area contributed by atoms with Crippen molar-refractivity contribution < 1.29 is 4.79 Å². The van der Waals surface area contributed by atoms with E-state index in [4.69, 9.17) is 10.7 Å². The Balaban J connectivity index is 1.68. The van der Waals surface area contributed by atoms with Gasteiger partial charge in [0.05, 0.1) is 11.7 Å². The van der Waals surface area contributed by atoms with E-state index in [0.717, 1.165) is 22.0 Å². The van der Waals surface area contributed by atoms with Gasteiger partial charge in [-0.25, -0.2) is 0 Å². The molecule has 2 aliphatic rings. The number of thiophene rings is 1. The van der Waals surface area contributed by atoms with Gasteiger partial charge < -0.3 is 11.1 Å². The number of hydrogen-bond acceptors (Lipinski definition) is 4. The van der Waals surface area contributed by atoms with Crippen LogP contribution in [-0.4, -0.2) is 11.9 Å². The Morgan fingerprint density at radius 3 is 2.79 bits per heavy atom. The van der Waals surface area contributed by atoms with Crippen molar-refractivity contribution in [2.45, 2.75) is 38.1 Å². The van der Waals surface area contributed by atoms with Crippen LogP contribution in [0.15, 0.2) is 35.3 Å². The number of rotatable bonds is 2. The monoisotopic (exact) mass is 339 g/mol. The number of benzene rings is 1. The summed E-state index contributed by atoms with van der Waals surface area (Å²) in [7, 11) is 0. The second-order valence-corrected chi connectivity index (χ2v) is 7.55. The molecule has 0 saturated heterocycles. The molecule has 1 aromatic heterocycles. The molecule has 24 heavy (non-hydrogen) atoms. The second-order valence-electron chi connectivity index (χ2n) is 6.55. The first kappa shape index (κ1) is 15.4. The van der Waals surface area contributed by atoms with Crippen LogP contribution in [0, 0.1) is 5.92 Å². The van der Waals surface area contributed by atoms with Crippen LogP contribution in [0.2, 0.25) is 0 Å². The van der Waals surface area contributed by atoms with Gasteiger partial charge in [0.1, 0.15) is 9.55 Å². The maximum absolute atomic E-state index is 12.6. The lowest BCUT2D eigenvalue weighted by molar-refractivity contribution is 0.103. The van der Waals surface area contributed by atoms with Crippen LogP contribution < -0.4 is 20.9 Å². The minimum atomic E-state index is -0.151. The summed E-state index contributed by atoms with van der Waals surface area (Å²) in [4.78, 5) is 18.1.